The second-order valence-electron chi connectivity index (χ2n) is 3.95. The van der Waals surface area contributed by atoms with Crippen LogP contribution >= 0.6 is 0 Å². The first-order chi connectivity index (χ1) is 9.52. The van der Waals surface area contributed by atoms with Gasteiger partial charge in [0, 0.05) is 11.6 Å². The molecule has 0 radical (unpaired) electrons. The zero-order valence-corrected chi connectivity index (χ0v) is 10.5. The number of carbonyl (C=O) groups is 1. The van der Waals surface area contributed by atoms with Crippen molar-refractivity contribution in [3.63, 3.8) is 0 Å². The molecule has 0 spiro atoms. The van der Waals surface area contributed by atoms with Crippen molar-refractivity contribution in [3.05, 3.63) is 57.8 Å². The Kier molecular flexibility index (Phi) is 3.79. The van der Waals surface area contributed by atoms with E-state index in [1.165, 1.54) is 19.2 Å². The SMILES string of the molecule is COc1cccc(Cn2nc(C(=O)O)ccc2=O)c1F. The molecule has 104 valence electrons. The summed E-state index contributed by atoms with van der Waals surface area (Å²) in [6.45, 7) is -0.178. The highest BCUT2D eigenvalue weighted by Crippen LogP contribution is 2.20. The van der Waals surface area contributed by atoms with Gasteiger partial charge in [0.1, 0.15) is 0 Å². The first-order valence-electron chi connectivity index (χ1n) is 5.65. The molecule has 1 N–H and O–H groups in total. The van der Waals surface area contributed by atoms with Crippen LogP contribution in [-0.4, -0.2) is 28.0 Å². The van der Waals surface area contributed by atoms with E-state index in [1.807, 2.05) is 0 Å². The average Bonchev–Trinajstić information content (AvgIpc) is 2.43. The van der Waals surface area contributed by atoms with Crippen molar-refractivity contribution in [1.82, 2.24) is 9.78 Å². The maximum atomic E-state index is 14.0. The number of rotatable bonds is 4. The van der Waals surface area contributed by atoms with Crippen molar-refractivity contribution in [1.29, 1.82) is 0 Å². The number of aromatic carboxylic acids is 1. The van der Waals surface area contributed by atoms with Gasteiger partial charge in [0.05, 0.1) is 13.7 Å². The smallest absolute Gasteiger partial charge is 0.356 e. The van der Waals surface area contributed by atoms with Gasteiger partial charge in [0.2, 0.25) is 0 Å². The molecule has 6 nitrogen and oxygen atoms in total. The number of ether oxygens (including phenoxy) is 1. The third kappa shape index (κ3) is 2.66. The Balaban J connectivity index is 2.42. The maximum absolute atomic E-state index is 14.0. The van der Waals surface area contributed by atoms with Crippen molar-refractivity contribution >= 4 is 5.97 Å². The summed E-state index contributed by atoms with van der Waals surface area (Å²) in [7, 11) is 1.33. The zero-order chi connectivity index (χ0) is 14.7. The number of benzene rings is 1. The van der Waals surface area contributed by atoms with Gasteiger partial charge in [0.25, 0.3) is 5.56 Å². The summed E-state index contributed by atoms with van der Waals surface area (Å²) in [4.78, 5) is 22.4. The standard InChI is InChI=1S/C13H11FN2O4/c1-20-10-4-2-3-8(12(10)14)7-16-11(17)6-5-9(15-16)13(18)19/h2-6H,7H2,1H3,(H,18,19). The largest absolute Gasteiger partial charge is 0.494 e. The van der Waals surface area contributed by atoms with Crippen LogP contribution in [0.4, 0.5) is 4.39 Å². The van der Waals surface area contributed by atoms with Crippen molar-refractivity contribution in [2.75, 3.05) is 7.11 Å². The normalized spacial score (nSPS) is 10.3. The van der Waals surface area contributed by atoms with E-state index in [0.29, 0.717) is 0 Å². The van der Waals surface area contributed by atoms with Gasteiger partial charge in [-0.25, -0.2) is 13.9 Å². The van der Waals surface area contributed by atoms with Gasteiger partial charge >= 0.3 is 5.97 Å². The molecule has 1 aromatic carbocycles. The Morgan fingerprint density at radius 1 is 1.40 bits per heavy atom. The molecule has 1 aromatic heterocycles. The van der Waals surface area contributed by atoms with Gasteiger partial charge in [-0.2, -0.15) is 5.10 Å². The zero-order valence-electron chi connectivity index (χ0n) is 10.5. The van der Waals surface area contributed by atoms with Gasteiger partial charge < -0.3 is 9.84 Å². The highest BCUT2D eigenvalue weighted by Gasteiger charge is 2.12. The second-order valence-corrected chi connectivity index (χ2v) is 3.95. The number of carboxylic acids is 1. The Morgan fingerprint density at radius 3 is 2.80 bits per heavy atom. The van der Waals surface area contributed by atoms with Crippen LogP contribution in [-0.2, 0) is 6.54 Å². The summed E-state index contributed by atoms with van der Waals surface area (Å²) in [5.74, 6) is -1.82. The molecular formula is C13H11FN2O4. The molecule has 1 heterocycles. The minimum absolute atomic E-state index is 0.0462. The first kappa shape index (κ1) is 13.7. The summed E-state index contributed by atoms with van der Waals surface area (Å²) in [6.07, 6.45) is 0. The molecule has 0 atom stereocenters. The summed E-state index contributed by atoms with van der Waals surface area (Å²) in [5, 5.41) is 12.5. The quantitative estimate of drug-likeness (QED) is 0.906. The lowest BCUT2D eigenvalue weighted by Crippen LogP contribution is -2.25. The van der Waals surface area contributed by atoms with Gasteiger partial charge in [-0.3, -0.25) is 4.79 Å². The van der Waals surface area contributed by atoms with Crippen molar-refractivity contribution < 1.29 is 19.0 Å². The number of aromatic nitrogens is 2. The molecule has 0 fully saturated rings. The highest BCUT2D eigenvalue weighted by molar-refractivity contribution is 5.84. The van der Waals surface area contributed by atoms with Crippen LogP contribution in [0.25, 0.3) is 0 Å². The summed E-state index contributed by atoms with van der Waals surface area (Å²) in [6, 6.07) is 6.67. The van der Waals surface area contributed by atoms with Crippen molar-refractivity contribution in [2.45, 2.75) is 6.54 Å². The lowest BCUT2D eigenvalue weighted by Gasteiger charge is -2.08. The molecule has 20 heavy (non-hydrogen) atoms. The molecule has 0 saturated carbocycles. The molecule has 0 aliphatic rings. The number of halogens is 1. The molecule has 0 saturated heterocycles. The maximum Gasteiger partial charge on any atom is 0.356 e. The fourth-order valence-corrected chi connectivity index (χ4v) is 1.67. The Morgan fingerprint density at radius 2 is 2.15 bits per heavy atom. The number of hydrogen-bond donors (Lipinski definition) is 1. The van der Waals surface area contributed by atoms with Gasteiger partial charge in [-0.15, -0.1) is 0 Å². The second kappa shape index (κ2) is 5.52. The molecule has 0 amide bonds. The van der Waals surface area contributed by atoms with Gasteiger partial charge in [-0.1, -0.05) is 12.1 Å². The lowest BCUT2D eigenvalue weighted by atomic mass is 10.2. The van der Waals surface area contributed by atoms with E-state index in [4.69, 9.17) is 9.84 Å². The van der Waals surface area contributed by atoms with Crippen LogP contribution in [0.15, 0.2) is 35.1 Å². The minimum Gasteiger partial charge on any atom is -0.494 e. The molecule has 0 unspecified atom stereocenters. The van der Waals surface area contributed by atoms with Gasteiger partial charge in [0.15, 0.2) is 17.3 Å². The monoisotopic (exact) mass is 278 g/mol. The third-order valence-electron chi connectivity index (χ3n) is 2.67. The minimum atomic E-state index is -1.26. The van der Waals surface area contributed by atoms with Crippen molar-refractivity contribution in [2.24, 2.45) is 0 Å². The molecule has 7 heteroatoms. The highest BCUT2D eigenvalue weighted by atomic mass is 19.1. The van der Waals surface area contributed by atoms with Crippen molar-refractivity contribution in [3.8, 4) is 5.75 Å². The number of methoxy groups -OCH3 is 1. The van der Waals surface area contributed by atoms with Crippen LogP contribution in [0, 0.1) is 5.82 Å². The number of nitrogens with zero attached hydrogens (tertiary/aromatic N) is 2. The average molecular weight is 278 g/mol. The van der Waals surface area contributed by atoms with E-state index in [0.717, 1.165) is 16.8 Å². The fraction of sp³-hybridized carbons (Fsp3) is 0.154. The third-order valence-corrected chi connectivity index (χ3v) is 2.67. The summed E-state index contributed by atoms with van der Waals surface area (Å²) >= 11 is 0. The molecular weight excluding hydrogens is 267 g/mol. The van der Waals surface area contributed by atoms with E-state index in [1.54, 1.807) is 6.07 Å². The lowest BCUT2D eigenvalue weighted by molar-refractivity contribution is 0.0687. The number of hydrogen-bond acceptors (Lipinski definition) is 4. The predicted octanol–water partition coefficient (Wildman–Crippen LogP) is 1.14. The number of carboxylic acid groups (broad SMARTS) is 1. The van der Waals surface area contributed by atoms with E-state index in [-0.39, 0.29) is 23.6 Å². The first-order valence-corrected chi connectivity index (χ1v) is 5.65. The van der Waals surface area contributed by atoms with Crippen LogP contribution < -0.4 is 10.3 Å². The van der Waals surface area contributed by atoms with E-state index < -0.39 is 17.3 Å². The van der Waals surface area contributed by atoms with Crippen LogP contribution in [0.2, 0.25) is 0 Å². The predicted molar refractivity (Wildman–Crippen MR) is 67.5 cm³/mol. The Hall–Kier alpha value is -2.70. The fourth-order valence-electron chi connectivity index (χ4n) is 1.67. The van der Waals surface area contributed by atoms with Crippen LogP contribution in [0.3, 0.4) is 0 Å². The molecule has 0 aliphatic heterocycles. The summed E-state index contributed by atoms with van der Waals surface area (Å²) < 4.78 is 19.7. The van der Waals surface area contributed by atoms with Gasteiger partial charge in [-0.05, 0) is 12.1 Å². The Bertz CT molecular complexity index is 712. The topological polar surface area (TPSA) is 81.4 Å². The summed E-state index contributed by atoms with van der Waals surface area (Å²) in [5.41, 5.74) is -0.619. The molecule has 2 rings (SSSR count). The van der Waals surface area contributed by atoms with Crippen LogP contribution in [0.5, 0.6) is 5.75 Å². The van der Waals surface area contributed by atoms with E-state index in [9.17, 15) is 14.0 Å². The molecule has 0 aliphatic carbocycles. The van der Waals surface area contributed by atoms with E-state index in [2.05, 4.69) is 5.10 Å². The van der Waals surface area contributed by atoms with Crippen LogP contribution in [0.1, 0.15) is 16.1 Å². The molecule has 2 aromatic rings. The molecule has 0 bridgehead atoms. The van der Waals surface area contributed by atoms with E-state index >= 15 is 0 Å². The Labute approximate surface area is 113 Å².